The highest BCUT2D eigenvalue weighted by molar-refractivity contribution is 5.93. The number of rotatable bonds is 4. The average molecular weight is 254 g/mol. The molecule has 18 heavy (non-hydrogen) atoms. The number of carbonyl (C=O) groups excluding carboxylic acids is 2. The molecule has 0 aliphatic carbocycles. The molecular weight excluding hydrogens is 232 g/mol. The number of hydrogen-bond donors (Lipinski definition) is 1. The summed E-state index contributed by atoms with van der Waals surface area (Å²) in [7, 11) is 0. The number of morpholine rings is 1. The molecule has 0 saturated carbocycles. The topological polar surface area (TPSA) is 58.6 Å². The highest BCUT2D eigenvalue weighted by Gasteiger charge is 2.25. The monoisotopic (exact) mass is 254 g/mol. The van der Waals surface area contributed by atoms with E-state index in [9.17, 15) is 9.59 Å². The molecule has 1 heterocycles. The Hall–Kier alpha value is -1.36. The van der Waals surface area contributed by atoms with Crippen LogP contribution in [0.1, 0.15) is 27.2 Å². The van der Waals surface area contributed by atoms with E-state index in [2.05, 4.69) is 5.32 Å². The quantitative estimate of drug-likeness (QED) is 0.752. The second kappa shape index (κ2) is 7.16. The first-order valence-corrected chi connectivity index (χ1v) is 6.36. The van der Waals surface area contributed by atoms with Crippen LogP contribution in [0.25, 0.3) is 0 Å². The lowest BCUT2D eigenvalue weighted by atomic mass is 10.1. The van der Waals surface area contributed by atoms with Crippen molar-refractivity contribution in [2.75, 3.05) is 26.3 Å². The third-order valence-electron chi connectivity index (χ3n) is 2.77. The molecule has 0 aromatic carbocycles. The van der Waals surface area contributed by atoms with E-state index in [4.69, 9.17) is 4.74 Å². The summed E-state index contributed by atoms with van der Waals surface area (Å²) in [6.45, 7) is 7.95. The van der Waals surface area contributed by atoms with Crippen LogP contribution in [0.4, 0.5) is 0 Å². The van der Waals surface area contributed by atoms with Crippen molar-refractivity contribution in [1.29, 1.82) is 0 Å². The second-order valence-corrected chi connectivity index (χ2v) is 4.63. The smallest absolute Gasteiger partial charge is 0.245 e. The van der Waals surface area contributed by atoms with E-state index in [1.807, 2.05) is 20.8 Å². The van der Waals surface area contributed by atoms with Gasteiger partial charge in [0.2, 0.25) is 11.8 Å². The van der Waals surface area contributed by atoms with Crippen LogP contribution in [0.5, 0.6) is 0 Å². The minimum Gasteiger partial charge on any atom is -0.378 e. The Morgan fingerprint density at radius 1 is 1.33 bits per heavy atom. The molecule has 0 unspecified atom stereocenters. The zero-order valence-electron chi connectivity index (χ0n) is 11.4. The first-order valence-electron chi connectivity index (χ1n) is 6.36. The van der Waals surface area contributed by atoms with Crippen LogP contribution in [-0.2, 0) is 14.3 Å². The Balaban J connectivity index is 2.56. The molecule has 1 atom stereocenters. The fourth-order valence-electron chi connectivity index (χ4n) is 1.82. The minimum atomic E-state index is -0.439. The van der Waals surface area contributed by atoms with Gasteiger partial charge in [0.05, 0.1) is 13.2 Å². The predicted molar refractivity (Wildman–Crippen MR) is 69.1 cm³/mol. The molecule has 102 valence electrons. The van der Waals surface area contributed by atoms with E-state index in [1.54, 1.807) is 4.90 Å². The summed E-state index contributed by atoms with van der Waals surface area (Å²) in [5.41, 5.74) is 0.918. The van der Waals surface area contributed by atoms with Crippen molar-refractivity contribution in [3.05, 3.63) is 11.6 Å². The molecule has 5 heteroatoms. The van der Waals surface area contributed by atoms with Crippen LogP contribution in [0.3, 0.4) is 0 Å². The van der Waals surface area contributed by atoms with Crippen molar-refractivity contribution in [3.8, 4) is 0 Å². The van der Waals surface area contributed by atoms with Crippen LogP contribution in [0.15, 0.2) is 11.6 Å². The minimum absolute atomic E-state index is 0.0173. The number of nitrogens with zero attached hydrogens (tertiary/aromatic N) is 1. The first kappa shape index (κ1) is 14.7. The van der Waals surface area contributed by atoms with Gasteiger partial charge >= 0.3 is 0 Å². The molecule has 0 radical (unpaired) electrons. The highest BCUT2D eigenvalue weighted by Crippen LogP contribution is 2.04. The number of amides is 2. The van der Waals surface area contributed by atoms with E-state index in [1.165, 1.54) is 6.08 Å². The third-order valence-corrected chi connectivity index (χ3v) is 2.77. The van der Waals surface area contributed by atoms with Gasteiger partial charge in [-0.15, -0.1) is 0 Å². The van der Waals surface area contributed by atoms with Gasteiger partial charge in [-0.05, 0) is 20.3 Å². The van der Waals surface area contributed by atoms with E-state index in [0.29, 0.717) is 32.7 Å². The molecule has 1 rings (SSSR count). The van der Waals surface area contributed by atoms with Crippen LogP contribution >= 0.6 is 0 Å². The summed E-state index contributed by atoms with van der Waals surface area (Å²) in [5, 5.41) is 2.75. The summed E-state index contributed by atoms with van der Waals surface area (Å²) in [4.78, 5) is 25.6. The number of hydrogen-bond acceptors (Lipinski definition) is 3. The third kappa shape index (κ3) is 4.49. The lowest BCUT2D eigenvalue weighted by molar-refractivity contribution is -0.139. The van der Waals surface area contributed by atoms with Gasteiger partial charge in [-0.25, -0.2) is 0 Å². The van der Waals surface area contributed by atoms with E-state index in [-0.39, 0.29) is 11.8 Å². The molecule has 1 saturated heterocycles. The molecule has 1 fully saturated rings. The average Bonchev–Trinajstić information content (AvgIpc) is 2.35. The summed E-state index contributed by atoms with van der Waals surface area (Å²) in [5.74, 6) is -0.222. The van der Waals surface area contributed by atoms with Crippen molar-refractivity contribution in [2.24, 2.45) is 0 Å². The van der Waals surface area contributed by atoms with Crippen LogP contribution in [-0.4, -0.2) is 49.1 Å². The largest absolute Gasteiger partial charge is 0.378 e. The zero-order valence-corrected chi connectivity index (χ0v) is 11.4. The molecule has 2 amide bonds. The molecule has 0 spiro atoms. The van der Waals surface area contributed by atoms with Crippen LogP contribution in [0, 0.1) is 0 Å². The SMILES string of the molecule is CC[C@H](NC(=O)C=C(C)C)C(=O)N1CCOCC1. The maximum atomic E-state index is 12.2. The van der Waals surface area contributed by atoms with Gasteiger partial charge < -0.3 is 15.0 Å². The fourth-order valence-corrected chi connectivity index (χ4v) is 1.82. The summed E-state index contributed by atoms with van der Waals surface area (Å²) in [6, 6.07) is -0.439. The van der Waals surface area contributed by atoms with Gasteiger partial charge in [-0.2, -0.15) is 0 Å². The molecule has 1 N–H and O–H groups in total. The van der Waals surface area contributed by atoms with Gasteiger partial charge in [0.15, 0.2) is 0 Å². The number of carbonyl (C=O) groups is 2. The van der Waals surface area contributed by atoms with Crippen LogP contribution < -0.4 is 5.32 Å². The molecule has 5 nitrogen and oxygen atoms in total. The van der Waals surface area contributed by atoms with Gasteiger partial charge in [0.1, 0.15) is 6.04 Å². The Labute approximate surface area is 108 Å². The van der Waals surface area contributed by atoms with E-state index >= 15 is 0 Å². The zero-order chi connectivity index (χ0) is 13.5. The van der Waals surface area contributed by atoms with Crippen molar-refractivity contribution < 1.29 is 14.3 Å². The standard InChI is InChI=1S/C13H22N2O3/c1-4-11(14-12(16)9-10(2)3)13(17)15-5-7-18-8-6-15/h9,11H,4-8H2,1-3H3,(H,14,16)/t11-/m0/s1. The summed E-state index contributed by atoms with van der Waals surface area (Å²) in [6.07, 6.45) is 2.10. The molecule has 0 aromatic rings. The van der Waals surface area contributed by atoms with E-state index in [0.717, 1.165) is 5.57 Å². The number of ether oxygens (including phenoxy) is 1. The lowest BCUT2D eigenvalue weighted by Gasteiger charge is -2.30. The Morgan fingerprint density at radius 2 is 1.94 bits per heavy atom. The first-order chi connectivity index (χ1) is 8.54. The normalized spacial score (nSPS) is 16.9. The molecule has 0 bridgehead atoms. The van der Waals surface area contributed by atoms with Crippen molar-refractivity contribution in [3.63, 3.8) is 0 Å². The number of nitrogens with one attached hydrogen (secondary N) is 1. The van der Waals surface area contributed by atoms with Crippen molar-refractivity contribution in [1.82, 2.24) is 10.2 Å². The van der Waals surface area contributed by atoms with Gasteiger partial charge in [-0.1, -0.05) is 12.5 Å². The number of allylic oxidation sites excluding steroid dienone is 1. The molecule has 1 aliphatic heterocycles. The van der Waals surface area contributed by atoms with Gasteiger partial charge in [-0.3, -0.25) is 9.59 Å². The Bertz CT molecular complexity index is 329. The fraction of sp³-hybridized carbons (Fsp3) is 0.692. The van der Waals surface area contributed by atoms with E-state index < -0.39 is 6.04 Å². The maximum absolute atomic E-state index is 12.2. The Morgan fingerprint density at radius 3 is 2.44 bits per heavy atom. The van der Waals surface area contributed by atoms with Crippen molar-refractivity contribution in [2.45, 2.75) is 33.2 Å². The van der Waals surface area contributed by atoms with Gasteiger partial charge in [0, 0.05) is 19.2 Å². The second-order valence-electron chi connectivity index (χ2n) is 4.63. The van der Waals surface area contributed by atoms with Crippen LogP contribution in [0.2, 0.25) is 0 Å². The highest BCUT2D eigenvalue weighted by atomic mass is 16.5. The molecular formula is C13H22N2O3. The summed E-state index contributed by atoms with van der Waals surface area (Å²) >= 11 is 0. The molecule has 1 aliphatic rings. The molecule has 0 aromatic heterocycles. The predicted octanol–water partition coefficient (Wildman–Crippen LogP) is 0.706. The van der Waals surface area contributed by atoms with Crippen molar-refractivity contribution >= 4 is 11.8 Å². The lowest BCUT2D eigenvalue weighted by Crippen LogP contribution is -2.51. The Kier molecular flexibility index (Phi) is 5.85. The summed E-state index contributed by atoms with van der Waals surface area (Å²) < 4.78 is 5.21. The van der Waals surface area contributed by atoms with Gasteiger partial charge in [0.25, 0.3) is 0 Å². The maximum Gasteiger partial charge on any atom is 0.245 e.